The van der Waals surface area contributed by atoms with E-state index in [1.54, 1.807) is 11.1 Å². The summed E-state index contributed by atoms with van der Waals surface area (Å²) in [7, 11) is 0. The van der Waals surface area contributed by atoms with Crippen molar-refractivity contribution in [2.24, 2.45) is 4.99 Å². The lowest BCUT2D eigenvalue weighted by Crippen LogP contribution is -2.57. The standard InChI is InChI=1S/C19H29N5O3.HI/c1-5-26-16-14(7-6-8-20-16)11-21-17-22-12-15-13-23(9-10-24(15)17)18(25)27-19(2,3)4;/h6-8,15H,5,9-13H2,1-4H3,(H,21,22);1H. The van der Waals surface area contributed by atoms with E-state index in [1.807, 2.05) is 39.8 Å². The second kappa shape index (κ2) is 9.62. The van der Waals surface area contributed by atoms with Crippen molar-refractivity contribution in [3.05, 3.63) is 23.9 Å². The molecule has 28 heavy (non-hydrogen) atoms. The molecule has 1 saturated heterocycles. The number of carbonyl (C=O) groups is 1. The number of fused-ring (bicyclic) bond motifs is 1. The molecular formula is C19H30IN5O3. The van der Waals surface area contributed by atoms with E-state index < -0.39 is 5.60 Å². The van der Waals surface area contributed by atoms with E-state index in [4.69, 9.17) is 9.47 Å². The minimum absolute atomic E-state index is 0. The first-order valence-electron chi connectivity index (χ1n) is 9.47. The van der Waals surface area contributed by atoms with Gasteiger partial charge in [-0.1, -0.05) is 6.07 Å². The van der Waals surface area contributed by atoms with Crippen molar-refractivity contribution in [1.29, 1.82) is 0 Å². The van der Waals surface area contributed by atoms with Gasteiger partial charge in [0.15, 0.2) is 5.96 Å². The number of ether oxygens (including phenoxy) is 2. The summed E-state index contributed by atoms with van der Waals surface area (Å²) in [6, 6.07) is 4.09. The van der Waals surface area contributed by atoms with Crippen molar-refractivity contribution in [3.63, 3.8) is 0 Å². The van der Waals surface area contributed by atoms with E-state index in [0.29, 0.717) is 38.7 Å². The number of rotatable bonds is 4. The molecule has 2 aliphatic rings. The SMILES string of the molecule is CCOc1ncccc1CNC1=NCC2CN(C(=O)OC(C)(C)C)CCN12.I. The van der Waals surface area contributed by atoms with Crippen LogP contribution in [0.4, 0.5) is 4.79 Å². The first-order valence-corrected chi connectivity index (χ1v) is 9.47. The fraction of sp³-hybridized carbons (Fsp3) is 0.632. The minimum atomic E-state index is -0.477. The summed E-state index contributed by atoms with van der Waals surface area (Å²) in [5.41, 5.74) is 0.521. The van der Waals surface area contributed by atoms with Crippen molar-refractivity contribution < 1.29 is 14.3 Å². The molecule has 0 radical (unpaired) electrons. The monoisotopic (exact) mass is 503 g/mol. The zero-order valence-corrected chi connectivity index (χ0v) is 19.3. The third kappa shape index (κ3) is 5.62. The number of guanidine groups is 1. The van der Waals surface area contributed by atoms with Crippen LogP contribution in [-0.2, 0) is 11.3 Å². The number of aliphatic imine (C=N–C) groups is 1. The first kappa shape index (κ1) is 22.5. The van der Waals surface area contributed by atoms with Crippen LogP contribution in [0.1, 0.15) is 33.3 Å². The summed E-state index contributed by atoms with van der Waals surface area (Å²) in [6.07, 6.45) is 1.48. The van der Waals surface area contributed by atoms with Crippen LogP contribution in [0.3, 0.4) is 0 Å². The van der Waals surface area contributed by atoms with E-state index in [1.165, 1.54) is 0 Å². The van der Waals surface area contributed by atoms with Crippen LogP contribution in [0.25, 0.3) is 0 Å². The van der Waals surface area contributed by atoms with Crippen LogP contribution in [0.5, 0.6) is 5.88 Å². The topological polar surface area (TPSA) is 79.3 Å². The summed E-state index contributed by atoms with van der Waals surface area (Å²) >= 11 is 0. The van der Waals surface area contributed by atoms with Gasteiger partial charge in [0.1, 0.15) is 5.60 Å². The molecule has 9 heteroatoms. The van der Waals surface area contributed by atoms with Gasteiger partial charge in [-0.15, -0.1) is 24.0 Å². The molecular weight excluding hydrogens is 473 g/mol. The summed E-state index contributed by atoms with van der Waals surface area (Å²) in [5.74, 6) is 1.52. The first-order chi connectivity index (χ1) is 12.9. The van der Waals surface area contributed by atoms with Gasteiger partial charge < -0.3 is 24.6 Å². The lowest BCUT2D eigenvalue weighted by Gasteiger charge is -2.39. The van der Waals surface area contributed by atoms with Gasteiger partial charge in [-0.3, -0.25) is 4.99 Å². The Morgan fingerprint density at radius 2 is 2.14 bits per heavy atom. The van der Waals surface area contributed by atoms with E-state index >= 15 is 0 Å². The third-order valence-electron chi connectivity index (χ3n) is 4.43. The Bertz CT molecular complexity index is 707. The van der Waals surface area contributed by atoms with Gasteiger partial charge in [0.25, 0.3) is 0 Å². The number of halogens is 1. The van der Waals surface area contributed by atoms with E-state index in [2.05, 4.69) is 20.2 Å². The van der Waals surface area contributed by atoms with Crippen molar-refractivity contribution in [2.45, 2.75) is 45.9 Å². The molecule has 0 bridgehead atoms. The normalized spacial score (nSPS) is 18.7. The Hall–Kier alpha value is -1.78. The number of aromatic nitrogens is 1. The van der Waals surface area contributed by atoms with Crippen molar-refractivity contribution >= 4 is 36.0 Å². The van der Waals surface area contributed by atoms with Gasteiger partial charge >= 0.3 is 6.09 Å². The number of amides is 1. The van der Waals surface area contributed by atoms with Crippen molar-refractivity contribution in [2.75, 3.05) is 32.8 Å². The molecule has 0 aromatic carbocycles. The average molecular weight is 503 g/mol. The predicted molar refractivity (Wildman–Crippen MR) is 118 cm³/mol. The van der Waals surface area contributed by atoms with Gasteiger partial charge in [0.05, 0.1) is 19.2 Å². The van der Waals surface area contributed by atoms with E-state index in [0.717, 1.165) is 18.1 Å². The maximum Gasteiger partial charge on any atom is 0.410 e. The van der Waals surface area contributed by atoms with Crippen LogP contribution in [-0.4, -0.2) is 71.3 Å². The molecule has 1 N–H and O–H groups in total. The lowest BCUT2D eigenvalue weighted by molar-refractivity contribution is 0.0137. The lowest BCUT2D eigenvalue weighted by atomic mass is 10.2. The molecule has 0 spiro atoms. The molecule has 8 nitrogen and oxygen atoms in total. The summed E-state index contributed by atoms with van der Waals surface area (Å²) in [6.45, 7) is 11.4. The quantitative estimate of drug-likeness (QED) is 0.637. The molecule has 1 amide bonds. The molecule has 156 valence electrons. The minimum Gasteiger partial charge on any atom is -0.478 e. The van der Waals surface area contributed by atoms with Gasteiger partial charge in [0, 0.05) is 37.9 Å². The maximum absolute atomic E-state index is 12.3. The molecule has 1 aromatic rings. The zero-order chi connectivity index (χ0) is 19.4. The highest BCUT2D eigenvalue weighted by molar-refractivity contribution is 14.0. The molecule has 1 aromatic heterocycles. The predicted octanol–water partition coefficient (Wildman–Crippen LogP) is 2.48. The second-order valence-electron chi connectivity index (χ2n) is 7.69. The zero-order valence-electron chi connectivity index (χ0n) is 17.0. The molecule has 1 unspecified atom stereocenters. The number of nitrogens with zero attached hydrogens (tertiary/aromatic N) is 4. The van der Waals surface area contributed by atoms with Crippen LogP contribution in [0.2, 0.25) is 0 Å². The van der Waals surface area contributed by atoms with Gasteiger partial charge in [-0.2, -0.15) is 0 Å². The Labute approximate surface area is 183 Å². The van der Waals surface area contributed by atoms with Gasteiger partial charge in [-0.25, -0.2) is 9.78 Å². The second-order valence-corrected chi connectivity index (χ2v) is 7.69. The largest absolute Gasteiger partial charge is 0.478 e. The molecule has 0 aliphatic carbocycles. The van der Waals surface area contributed by atoms with Crippen molar-refractivity contribution in [3.8, 4) is 5.88 Å². The van der Waals surface area contributed by atoms with Crippen LogP contribution >= 0.6 is 24.0 Å². The van der Waals surface area contributed by atoms with Crippen LogP contribution < -0.4 is 10.1 Å². The molecule has 0 saturated carbocycles. The number of hydrogen-bond donors (Lipinski definition) is 1. The van der Waals surface area contributed by atoms with Gasteiger partial charge in [0.2, 0.25) is 5.88 Å². The Morgan fingerprint density at radius 3 is 2.86 bits per heavy atom. The molecule has 1 atom stereocenters. The number of carbonyl (C=O) groups excluding carboxylic acids is 1. The summed E-state index contributed by atoms with van der Waals surface area (Å²) in [5, 5.41) is 3.40. The van der Waals surface area contributed by atoms with E-state index in [9.17, 15) is 4.79 Å². The average Bonchev–Trinajstić information content (AvgIpc) is 3.02. The summed E-state index contributed by atoms with van der Waals surface area (Å²) in [4.78, 5) is 25.2. The van der Waals surface area contributed by atoms with Crippen LogP contribution in [0, 0.1) is 0 Å². The van der Waals surface area contributed by atoms with Gasteiger partial charge in [-0.05, 0) is 33.8 Å². The number of hydrogen-bond acceptors (Lipinski definition) is 7. The maximum atomic E-state index is 12.3. The Balaban J connectivity index is 0.00000280. The number of pyridine rings is 1. The highest BCUT2D eigenvalue weighted by Crippen LogP contribution is 2.19. The Kier molecular flexibility index (Phi) is 7.73. The molecule has 2 aliphatic heterocycles. The van der Waals surface area contributed by atoms with E-state index in [-0.39, 0.29) is 36.1 Å². The van der Waals surface area contributed by atoms with Crippen molar-refractivity contribution in [1.82, 2.24) is 20.1 Å². The fourth-order valence-electron chi connectivity index (χ4n) is 3.22. The molecule has 1 fully saturated rings. The fourth-order valence-corrected chi connectivity index (χ4v) is 3.22. The highest BCUT2D eigenvalue weighted by atomic mass is 127. The highest BCUT2D eigenvalue weighted by Gasteiger charge is 2.36. The smallest absolute Gasteiger partial charge is 0.410 e. The third-order valence-corrected chi connectivity index (χ3v) is 4.43. The molecule has 3 heterocycles. The number of nitrogens with one attached hydrogen (secondary N) is 1. The van der Waals surface area contributed by atoms with Crippen LogP contribution in [0.15, 0.2) is 23.3 Å². The number of piperazine rings is 1. The summed E-state index contributed by atoms with van der Waals surface area (Å²) < 4.78 is 11.1. The Morgan fingerprint density at radius 1 is 1.36 bits per heavy atom. The molecule has 3 rings (SSSR count).